The fourth-order valence-electron chi connectivity index (χ4n) is 6.11. The SMILES string of the molecule is Cc1ccnc(C2CC2c2cc(=O)c3ccc(NCc4cn5cc(C6CC6)cc(N6CC(=O)N(C)C6=O)c5n4)cc3[nH]2)n1. The average molecular weight is 575 g/mol. The largest absolute Gasteiger partial charge is 0.379 e. The number of likely N-dealkylation sites (N-methyl/N-ethyl adjacent to an activating group) is 1. The van der Waals surface area contributed by atoms with Crippen molar-refractivity contribution in [2.45, 2.75) is 50.5 Å². The fraction of sp³-hybridized carbons (Fsp3) is 0.312. The maximum atomic E-state index is 13.0. The van der Waals surface area contributed by atoms with Crippen LogP contribution in [0.4, 0.5) is 16.2 Å². The Labute approximate surface area is 246 Å². The van der Waals surface area contributed by atoms with Gasteiger partial charge in [-0.2, -0.15) is 0 Å². The second-order valence-corrected chi connectivity index (χ2v) is 11.9. The van der Waals surface area contributed by atoms with Gasteiger partial charge in [0.2, 0.25) is 5.91 Å². The molecular formula is C32H30N8O3. The van der Waals surface area contributed by atoms with Crippen molar-refractivity contribution >= 4 is 39.9 Å². The van der Waals surface area contributed by atoms with Crippen molar-refractivity contribution in [2.75, 3.05) is 23.8 Å². The lowest BCUT2D eigenvalue weighted by molar-refractivity contribution is -0.123. The fourth-order valence-corrected chi connectivity index (χ4v) is 6.11. The van der Waals surface area contributed by atoms with Gasteiger partial charge >= 0.3 is 6.03 Å². The number of amides is 3. The number of H-pyrrole nitrogens is 1. The lowest BCUT2D eigenvalue weighted by Gasteiger charge is -2.17. The topological polar surface area (TPSA) is 129 Å². The molecule has 1 aromatic carbocycles. The van der Waals surface area contributed by atoms with E-state index in [0.29, 0.717) is 29.2 Å². The summed E-state index contributed by atoms with van der Waals surface area (Å²) in [6.07, 6.45) is 8.98. The molecule has 3 aliphatic rings. The van der Waals surface area contributed by atoms with E-state index in [1.807, 2.05) is 47.9 Å². The zero-order valence-corrected chi connectivity index (χ0v) is 23.9. The molecule has 2 N–H and O–H groups in total. The molecule has 5 heterocycles. The number of hydrogen-bond donors (Lipinski definition) is 2. The van der Waals surface area contributed by atoms with Crippen LogP contribution in [0.15, 0.2) is 59.8 Å². The summed E-state index contributed by atoms with van der Waals surface area (Å²) in [5.74, 6) is 1.48. The Hall–Kier alpha value is -5.06. The molecule has 0 spiro atoms. The third-order valence-electron chi connectivity index (χ3n) is 8.79. The van der Waals surface area contributed by atoms with Crippen LogP contribution in [0.3, 0.4) is 0 Å². The zero-order chi connectivity index (χ0) is 29.4. The standard InChI is InChI=1S/C32H30N8O3/c1-17-7-8-33-30(35-17)24-11-23(24)26-12-28(41)22-6-5-20(10-25(22)37-26)34-13-21-15-39-14-19(18-3-4-18)9-27(31(39)36-21)40-16-29(42)38(2)32(40)43/h5-10,12,14-15,18,23-24,34H,3-4,11,13,16H2,1-2H3,(H,37,41). The van der Waals surface area contributed by atoms with Crippen LogP contribution in [-0.2, 0) is 11.3 Å². The quantitative estimate of drug-likeness (QED) is 0.275. The number of hydrogen-bond acceptors (Lipinski definition) is 7. The maximum absolute atomic E-state index is 13.0. The molecule has 2 atom stereocenters. The first-order valence-electron chi connectivity index (χ1n) is 14.6. The van der Waals surface area contributed by atoms with Crippen LogP contribution in [0, 0.1) is 6.92 Å². The predicted molar refractivity (Wildman–Crippen MR) is 161 cm³/mol. The van der Waals surface area contributed by atoms with Crippen molar-refractivity contribution in [2.24, 2.45) is 0 Å². The Kier molecular flexibility index (Phi) is 5.65. The Morgan fingerprint density at radius 3 is 2.65 bits per heavy atom. The van der Waals surface area contributed by atoms with Gasteiger partial charge < -0.3 is 14.7 Å². The molecule has 11 nitrogen and oxygen atoms in total. The highest BCUT2D eigenvalue weighted by Crippen LogP contribution is 2.52. The van der Waals surface area contributed by atoms with E-state index in [0.717, 1.165) is 63.8 Å². The minimum atomic E-state index is -0.337. The van der Waals surface area contributed by atoms with E-state index in [-0.39, 0.29) is 35.7 Å². The lowest BCUT2D eigenvalue weighted by Crippen LogP contribution is -2.30. The van der Waals surface area contributed by atoms with Gasteiger partial charge in [0.05, 0.1) is 23.4 Å². The minimum absolute atomic E-state index is 0.00829. The number of nitrogens with zero attached hydrogens (tertiary/aromatic N) is 6. The summed E-state index contributed by atoms with van der Waals surface area (Å²) >= 11 is 0. The van der Waals surface area contributed by atoms with Gasteiger partial charge in [-0.1, -0.05) is 0 Å². The Bertz CT molecular complexity index is 2030. The van der Waals surface area contributed by atoms with E-state index in [1.54, 1.807) is 12.3 Å². The van der Waals surface area contributed by atoms with Crippen molar-refractivity contribution in [3.05, 3.63) is 93.7 Å². The molecule has 216 valence electrons. The maximum Gasteiger partial charge on any atom is 0.331 e. The van der Waals surface area contributed by atoms with Crippen LogP contribution in [-0.4, -0.2) is 54.8 Å². The number of imidazole rings is 1. The van der Waals surface area contributed by atoms with Crippen LogP contribution in [0.1, 0.15) is 65.5 Å². The van der Waals surface area contributed by atoms with Gasteiger partial charge in [-0.05, 0) is 68.0 Å². The van der Waals surface area contributed by atoms with E-state index in [1.165, 1.54) is 11.9 Å². The lowest BCUT2D eigenvalue weighted by atomic mass is 10.1. The van der Waals surface area contributed by atoms with Gasteiger partial charge in [0.25, 0.3) is 0 Å². The van der Waals surface area contributed by atoms with Crippen molar-refractivity contribution in [1.29, 1.82) is 0 Å². The number of imide groups is 1. The number of nitrogens with one attached hydrogen (secondary N) is 2. The van der Waals surface area contributed by atoms with Gasteiger partial charge in [0.15, 0.2) is 11.1 Å². The number of urea groups is 1. The molecule has 2 saturated carbocycles. The third-order valence-corrected chi connectivity index (χ3v) is 8.79. The van der Waals surface area contributed by atoms with Gasteiger partial charge in [0.1, 0.15) is 12.4 Å². The highest BCUT2D eigenvalue weighted by molar-refractivity contribution is 6.13. The first kappa shape index (κ1) is 25.6. The van der Waals surface area contributed by atoms with Crippen molar-refractivity contribution < 1.29 is 9.59 Å². The predicted octanol–water partition coefficient (Wildman–Crippen LogP) is 4.43. The molecule has 2 unspecified atom stereocenters. The van der Waals surface area contributed by atoms with Crippen LogP contribution in [0.25, 0.3) is 16.6 Å². The van der Waals surface area contributed by atoms with Crippen LogP contribution in [0.2, 0.25) is 0 Å². The summed E-state index contributed by atoms with van der Waals surface area (Å²) < 4.78 is 1.96. The van der Waals surface area contributed by atoms with E-state index < -0.39 is 0 Å². The van der Waals surface area contributed by atoms with Crippen LogP contribution >= 0.6 is 0 Å². The highest BCUT2D eigenvalue weighted by atomic mass is 16.2. The second-order valence-electron chi connectivity index (χ2n) is 11.9. The first-order valence-corrected chi connectivity index (χ1v) is 14.6. The van der Waals surface area contributed by atoms with Crippen LogP contribution < -0.4 is 15.6 Å². The number of anilines is 2. The van der Waals surface area contributed by atoms with Crippen molar-refractivity contribution in [3.63, 3.8) is 0 Å². The molecule has 3 amide bonds. The summed E-state index contributed by atoms with van der Waals surface area (Å²) in [5.41, 5.74) is 6.71. The average Bonchev–Trinajstić information content (AvgIpc) is 3.93. The zero-order valence-electron chi connectivity index (χ0n) is 23.9. The van der Waals surface area contributed by atoms with Gasteiger partial charge in [0, 0.05) is 66.0 Å². The van der Waals surface area contributed by atoms with Gasteiger partial charge in [-0.15, -0.1) is 0 Å². The third kappa shape index (κ3) is 4.52. The number of aromatic amines is 1. The number of benzene rings is 1. The summed E-state index contributed by atoms with van der Waals surface area (Å²) in [7, 11) is 1.51. The summed E-state index contributed by atoms with van der Waals surface area (Å²) in [6, 6.07) is 11.0. The number of carbonyl (C=O) groups is 2. The number of carbonyl (C=O) groups excluding carboxylic acids is 2. The van der Waals surface area contributed by atoms with E-state index in [4.69, 9.17) is 4.98 Å². The van der Waals surface area contributed by atoms with Crippen LogP contribution in [0.5, 0.6) is 0 Å². The number of fused-ring (bicyclic) bond motifs is 2. The molecule has 8 rings (SSSR count). The molecule has 0 bridgehead atoms. The van der Waals surface area contributed by atoms with Gasteiger partial charge in [-0.3, -0.25) is 19.4 Å². The highest BCUT2D eigenvalue weighted by Gasteiger charge is 2.42. The number of aromatic nitrogens is 5. The Balaban J connectivity index is 1.06. The molecule has 1 saturated heterocycles. The normalized spacial score (nSPS) is 20.0. The monoisotopic (exact) mass is 574 g/mol. The molecular weight excluding hydrogens is 544 g/mol. The van der Waals surface area contributed by atoms with E-state index in [2.05, 4.69) is 26.5 Å². The summed E-state index contributed by atoms with van der Waals surface area (Å²) in [6.45, 7) is 2.41. The number of pyridine rings is 2. The summed E-state index contributed by atoms with van der Waals surface area (Å²) in [4.78, 5) is 58.1. The van der Waals surface area contributed by atoms with E-state index >= 15 is 0 Å². The molecule has 43 heavy (non-hydrogen) atoms. The molecule has 5 aromatic rings. The minimum Gasteiger partial charge on any atom is -0.379 e. The molecule has 0 radical (unpaired) electrons. The molecule has 11 heteroatoms. The molecule has 2 aliphatic carbocycles. The number of aryl methyl sites for hydroxylation is 1. The molecule has 1 aliphatic heterocycles. The first-order chi connectivity index (χ1) is 20.8. The van der Waals surface area contributed by atoms with E-state index in [9.17, 15) is 14.4 Å². The second kappa shape index (κ2) is 9.48. The van der Waals surface area contributed by atoms with Gasteiger partial charge in [-0.25, -0.2) is 19.7 Å². The molecule has 3 fully saturated rings. The summed E-state index contributed by atoms with van der Waals surface area (Å²) in [5, 5.41) is 4.08. The van der Waals surface area contributed by atoms with Crippen molar-refractivity contribution in [3.8, 4) is 0 Å². The Morgan fingerprint density at radius 1 is 1.02 bits per heavy atom. The Morgan fingerprint density at radius 2 is 1.88 bits per heavy atom. The molecule has 4 aromatic heterocycles. The smallest absolute Gasteiger partial charge is 0.331 e. The number of rotatable bonds is 7. The van der Waals surface area contributed by atoms with Crippen molar-refractivity contribution in [1.82, 2.24) is 29.2 Å².